The molecule has 0 amide bonds. The van der Waals surface area contributed by atoms with Gasteiger partial charge in [-0.2, -0.15) is 0 Å². The molecule has 1 saturated heterocycles. The van der Waals surface area contributed by atoms with E-state index in [1.807, 2.05) is 24.3 Å². The molecule has 3 aromatic rings. The molecule has 1 aromatic carbocycles. The first-order chi connectivity index (χ1) is 12.7. The number of hydrogen-bond donors (Lipinski definition) is 1. The molecule has 0 unspecified atom stereocenters. The van der Waals surface area contributed by atoms with Crippen LogP contribution in [-0.2, 0) is 4.74 Å². The van der Waals surface area contributed by atoms with Gasteiger partial charge in [-0.3, -0.25) is 0 Å². The van der Waals surface area contributed by atoms with Gasteiger partial charge < -0.3 is 14.8 Å². The number of nitrogens with one attached hydrogen (secondary N) is 1. The van der Waals surface area contributed by atoms with Crippen LogP contribution in [0, 0.1) is 5.41 Å². The summed E-state index contributed by atoms with van der Waals surface area (Å²) in [5, 5.41) is 5.88. The van der Waals surface area contributed by atoms with E-state index in [4.69, 9.17) is 21.1 Å². The Morgan fingerprint density at radius 3 is 2.73 bits per heavy atom. The van der Waals surface area contributed by atoms with Crippen molar-refractivity contribution in [2.75, 3.05) is 18.5 Å². The number of ether oxygens (including phenoxy) is 2. The van der Waals surface area contributed by atoms with Crippen LogP contribution in [0.15, 0.2) is 48.8 Å². The molecule has 1 saturated carbocycles. The molecule has 6 heteroatoms. The Morgan fingerprint density at radius 2 is 2.00 bits per heavy atom. The molecule has 1 aliphatic carbocycles. The molecule has 2 fully saturated rings. The minimum Gasteiger partial charge on any atom is -0.490 e. The van der Waals surface area contributed by atoms with E-state index in [9.17, 15) is 0 Å². The highest BCUT2D eigenvalue weighted by Crippen LogP contribution is 2.48. The summed E-state index contributed by atoms with van der Waals surface area (Å²) in [5.41, 5.74) is 1.26. The number of pyridine rings is 2. The second-order valence-electron chi connectivity index (χ2n) is 7.18. The Hall–Kier alpha value is -2.37. The van der Waals surface area contributed by atoms with Crippen molar-refractivity contribution in [1.82, 2.24) is 9.97 Å². The summed E-state index contributed by atoms with van der Waals surface area (Å²) >= 11 is 5.84. The van der Waals surface area contributed by atoms with Crippen LogP contribution in [0.5, 0.6) is 5.75 Å². The fourth-order valence-corrected chi connectivity index (χ4v) is 3.84. The largest absolute Gasteiger partial charge is 0.490 e. The molecule has 1 spiro atoms. The third kappa shape index (κ3) is 2.87. The monoisotopic (exact) mass is 367 g/mol. The Bertz CT molecular complexity index is 949. The zero-order chi connectivity index (χ0) is 17.6. The van der Waals surface area contributed by atoms with Gasteiger partial charge in [0.15, 0.2) is 0 Å². The average molecular weight is 368 g/mol. The first-order valence-corrected chi connectivity index (χ1v) is 9.09. The molecule has 5 nitrogen and oxygen atoms in total. The molecule has 3 heterocycles. The molecule has 0 atom stereocenters. The van der Waals surface area contributed by atoms with Crippen molar-refractivity contribution >= 4 is 33.9 Å². The van der Waals surface area contributed by atoms with Crippen molar-refractivity contribution in [2.24, 2.45) is 5.41 Å². The zero-order valence-corrected chi connectivity index (χ0v) is 14.9. The van der Waals surface area contributed by atoms with Gasteiger partial charge in [0.25, 0.3) is 0 Å². The molecular formula is C20H18ClN3O2. The van der Waals surface area contributed by atoms with Crippen LogP contribution in [0.4, 0.5) is 11.5 Å². The van der Waals surface area contributed by atoms with E-state index in [-0.39, 0.29) is 0 Å². The normalized spacial score (nSPS) is 18.3. The van der Waals surface area contributed by atoms with Gasteiger partial charge in [0.05, 0.1) is 25.1 Å². The lowest BCUT2D eigenvalue weighted by molar-refractivity contribution is -0.191. The highest BCUT2D eigenvalue weighted by atomic mass is 35.5. The van der Waals surface area contributed by atoms with Gasteiger partial charge in [-0.15, -0.1) is 0 Å². The number of anilines is 2. The van der Waals surface area contributed by atoms with E-state index in [0.717, 1.165) is 54.1 Å². The summed E-state index contributed by atoms with van der Waals surface area (Å²) in [6, 6.07) is 11.8. The Labute approximate surface area is 156 Å². The van der Waals surface area contributed by atoms with Crippen LogP contribution in [0.1, 0.15) is 12.8 Å². The van der Waals surface area contributed by atoms with Crippen molar-refractivity contribution in [3.63, 3.8) is 0 Å². The Morgan fingerprint density at radius 1 is 1.12 bits per heavy atom. The Balaban J connectivity index is 1.35. The number of halogens is 1. The first-order valence-electron chi connectivity index (χ1n) is 8.71. The number of aromatic nitrogens is 2. The summed E-state index contributed by atoms with van der Waals surface area (Å²) in [7, 11) is 0. The van der Waals surface area contributed by atoms with Gasteiger partial charge in [0.1, 0.15) is 22.8 Å². The summed E-state index contributed by atoms with van der Waals surface area (Å²) in [5.74, 6) is 1.69. The van der Waals surface area contributed by atoms with Crippen molar-refractivity contribution < 1.29 is 9.47 Å². The molecule has 1 N–H and O–H groups in total. The maximum absolute atomic E-state index is 6.14. The van der Waals surface area contributed by atoms with Crippen molar-refractivity contribution in [2.45, 2.75) is 18.9 Å². The molecule has 2 aliphatic rings. The third-order valence-electron chi connectivity index (χ3n) is 5.17. The van der Waals surface area contributed by atoms with Crippen LogP contribution < -0.4 is 10.1 Å². The number of benzene rings is 1. The third-order valence-corrected chi connectivity index (χ3v) is 5.39. The van der Waals surface area contributed by atoms with Gasteiger partial charge in [-0.1, -0.05) is 11.6 Å². The fourth-order valence-electron chi connectivity index (χ4n) is 3.72. The molecule has 26 heavy (non-hydrogen) atoms. The van der Waals surface area contributed by atoms with E-state index < -0.39 is 0 Å². The van der Waals surface area contributed by atoms with E-state index in [1.54, 1.807) is 18.5 Å². The van der Waals surface area contributed by atoms with Crippen molar-refractivity contribution in [1.29, 1.82) is 0 Å². The van der Waals surface area contributed by atoms with Gasteiger partial charge in [-0.25, -0.2) is 9.97 Å². The molecular weight excluding hydrogens is 350 g/mol. The minimum atomic E-state index is 0.302. The lowest BCUT2D eigenvalue weighted by atomic mass is 9.65. The van der Waals surface area contributed by atoms with Crippen molar-refractivity contribution in [3.8, 4) is 5.75 Å². The van der Waals surface area contributed by atoms with E-state index in [1.165, 1.54) is 0 Å². The van der Waals surface area contributed by atoms with E-state index in [0.29, 0.717) is 16.7 Å². The lowest BCUT2D eigenvalue weighted by Crippen LogP contribution is -2.56. The topological polar surface area (TPSA) is 56.3 Å². The minimum absolute atomic E-state index is 0.302. The highest BCUT2D eigenvalue weighted by molar-refractivity contribution is 6.29. The highest BCUT2D eigenvalue weighted by Gasteiger charge is 2.51. The second-order valence-corrected chi connectivity index (χ2v) is 7.57. The van der Waals surface area contributed by atoms with Gasteiger partial charge in [0.2, 0.25) is 0 Å². The predicted molar refractivity (Wildman–Crippen MR) is 101 cm³/mol. The van der Waals surface area contributed by atoms with Crippen LogP contribution in [0.2, 0.25) is 5.15 Å². The number of nitrogens with zero attached hydrogens (tertiary/aromatic N) is 2. The molecule has 0 bridgehead atoms. The SMILES string of the molecule is Clc1ccc(Nc2nccc3cc(OC4CC5(COC5)C4)ccc23)cn1. The summed E-state index contributed by atoms with van der Waals surface area (Å²) < 4.78 is 11.5. The number of hydrogen-bond acceptors (Lipinski definition) is 5. The van der Waals surface area contributed by atoms with Crippen molar-refractivity contribution in [3.05, 3.63) is 53.9 Å². The average Bonchev–Trinajstić information content (AvgIpc) is 2.58. The second kappa shape index (κ2) is 6.11. The number of fused-ring (bicyclic) bond motifs is 1. The molecule has 132 valence electrons. The molecule has 0 radical (unpaired) electrons. The smallest absolute Gasteiger partial charge is 0.138 e. The molecule has 1 aliphatic heterocycles. The van der Waals surface area contributed by atoms with Gasteiger partial charge in [-0.05, 0) is 54.6 Å². The van der Waals surface area contributed by atoms with Crippen LogP contribution in [0.25, 0.3) is 10.8 Å². The van der Waals surface area contributed by atoms with Gasteiger partial charge >= 0.3 is 0 Å². The summed E-state index contributed by atoms with van der Waals surface area (Å²) in [4.78, 5) is 8.54. The summed E-state index contributed by atoms with van der Waals surface area (Å²) in [6.45, 7) is 1.79. The summed E-state index contributed by atoms with van der Waals surface area (Å²) in [6.07, 6.45) is 5.98. The van der Waals surface area contributed by atoms with Crippen LogP contribution >= 0.6 is 11.6 Å². The first kappa shape index (κ1) is 15.9. The van der Waals surface area contributed by atoms with Gasteiger partial charge in [0, 0.05) is 17.0 Å². The standard InChI is InChI=1S/C20H18ClN3O2/c21-18-4-1-14(10-23-18)24-19-17-3-2-15(7-13(17)5-6-22-19)26-16-8-20(9-16)11-25-12-20/h1-7,10,16H,8-9,11-12H2,(H,22,24). The zero-order valence-electron chi connectivity index (χ0n) is 14.1. The van der Waals surface area contributed by atoms with Crippen LogP contribution in [0.3, 0.4) is 0 Å². The van der Waals surface area contributed by atoms with E-state index in [2.05, 4.69) is 21.4 Å². The number of rotatable bonds is 4. The molecule has 2 aromatic heterocycles. The Kier molecular flexibility index (Phi) is 3.72. The van der Waals surface area contributed by atoms with E-state index >= 15 is 0 Å². The predicted octanol–water partition coefficient (Wildman–Crippen LogP) is 4.58. The maximum Gasteiger partial charge on any atom is 0.138 e. The van der Waals surface area contributed by atoms with Crippen LogP contribution in [-0.4, -0.2) is 29.3 Å². The lowest BCUT2D eigenvalue weighted by Gasteiger charge is -2.52. The quantitative estimate of drug-likeness (QED) is 0.684. The maximum atomic E-state index is 6.14. The molecule has 5 rings (SSSR count). The fraction of sp³-hybridized carbons (Fsp3) is 0.300.